The van der Waals surface area contributed by atoms with Crippen LogP contribution in [0.2, 0.25) is 0 Å². The summed E-state index contributed by atoms with van der Waals surface area (Å²) in [6, 6.07) is 4.10. The molecule has 0 aliphatic carbocycles. The van der Waals surface area contributed by atoms with Gasteiger partial charge in [0.05, 0.1) is 17.2 Å². The number of hydrogen-bond acceptors (Lipinski definition) is 7. The van der Waals surface area contributed by atoms with E-state index in [4.69, 9.17) is 0 Å². The smallest absolute Gasteiger partial charge is 0.159 e. The van der Waals surface area contributed by atoms with Crippen molar-refractivity contribution >= 4 is 15.7 Å². The van der Waals surface area contributed by atoms with E-state index in [0.717, 1.165) is 68.6 Å². The predicted octanol–water partition coefficient (Wildman–Crippen LogP) is 1.47. The third kappa shape index (κ3) is 3.97. The monoisotopic (exact) mass is 430 g/mol. The van der Waals surface area contributed by atoms with Crippen LogP contribution in [0.1, 0.15) is 24.2 Å². The van der Waals surface area contributed by atoms with Crippen LogP contribution in [0.25, 0.3) is 5.82 Å². The molecule has 2 aromatic rings. The van der Waals surface area contributed by atoms with Crippen LogP contribution in [-0.4, -0.2) is 77.3 Å². The van der Waals surface area contributed by atoms with Crippen molar-refractivity contribution in [1.82, 2.24) is 24.6 Å². The highest BCUT2D eigenvalue weighted by molar-refractivity contribution is 7.91. The molecule has 162 valence electrons. The molecule has 0 radical (unpaired) electrons. The minimum atomic E-state index is -2.77. The number of likely N-dealkylation sites (tertiary alicyclic amines) is 1. The number of anilines is 1. The summed E-state index contributed by atoms with van der Waals surface area (Å²) in [6.45, 7) is 9.35. The largest absolute Gasteiger partial charge is 0.356 e. The highest BCUT2D eigenvalue weighted by Crippen LogP contribution is 2.34. The molecule has 3 fully saturated rings. The molecule has 5 heterocycles. The Morgan fingerprint density at radius 3 is 2.27 bits per heavy atom. The van der Waals surface area contributed by atoms with Crippen LogP contribution in [0.4, 0.5) is 5.82 Å². The lowest BCUT2D eigenvalue weighted by Crippen LogP contribution is -2.35. The second kappa shape index (κ2) is 7.60. The van der Waals surface area contributed by atoms with Crippen LogP contribution >= 0.6 is 0 Å². The van der Waals surface area contributed by atoms with Crippen molar-refractivity contribution in [3.63, 3.8) is 0 Å². The first kappa shape index (κ1) is 19.9. The van der Waals surface area contributed by atoms with Crippen molar-refractivity contribution < 1.29 is 8.42 Å². The minimum Gasteiger partial charge on any atom is -0.356 e. The van der Waals surface area contributed by atoms with Gasteiger partial charge in [-0.05, 0) is 50.5 Å². The first-order valence-electron chi connectivity index (χ1n) is 10.9. The van der Waals surface area contributed by atoms with Crippen molar-refractivity contribution in [2.45, 2.75) is 26.7 Å². The third-order valence-corrected chi connectivity index (χ3v) is 8.66. The van der Waals surface area contributed by atoms with Crippen molar-refractivity contribution in [1.29, 1.82) is 0 Å². The van der Waals surface area contributed by atoms with Gasteiger partial charge in [0.2, 0.25) is 0 Å². The Kier molecular flexibility index (Phi) is 5.05. The molecular weight excluding hydrogens is 400 g/mol. The van der Waals surface area contributed by atoms with Gasteiger partial charge in [0.1, 0.15) is 22.0 Å². The Morgan fingerprint density at radius 1 is 0.967 bits per heavy atom. The van der Waals surface area contributed by atoms with Gasteiger partial charge in [-0.15, -0.1) is 0 Å². The fraction of sp³-hybridized carbons (Fsp3) is 0.667. The molecule has 3 aliphatic rings. The summed E-state index contributed by atoms with van der Waals surface area (Å²) in [7, 11) is -2.77. The quantitative estimate of drug-likeness (QED) is 0.726. The standard InChI is InChI=1S/C21H30N6O2S/c1-15-7-16(2)27(24-15)21-8-20(22-14-23-21)26-12-18-10-25(11-19(18)13-26)9-17-3-5-30(28,29)6-4-17/h7-8,14,17-19H,3-6,9-13H2,1-2H3. The summed E-state index contributed by atoms with van der Waals surface area (Å²) in [5.41, 5.74) is 2.06. The summed E-state index contributed by atoms with van der Waals surface area (Å²) in [5, 5.41) is 4.54. The molecule has 2 atom stereocenters. The molecule has 9 heteroatoms. The molecule has 0 saturated carbocycles. The number of hydrogen-bond donors (Lipinski definition) is 0. The second-order valence-electron chi connectivity index (χ2n) is 9.31. The fourth-order valence-electron chi connectivity index (χ4n) is 5.40. The van der Waals surface area contributed by atoms with Gasteiger partial charge in [0, 0.05) is 44.5 Å². The molecule has 8 nitrogen and oxygen atoms in total. The van der Waals surface area contributed by atoms with Gasteiger partial charge in [-0.1, -0.05) is 0 Å². The van der Waals surface area contributed by atoms with E-state index in [9.17, 15) is 8.42 Å². The second-order valence-corrected chi connectivity index (χ2v) is 11.6. The zero-order valence-electron chi connectivity index (χ0n) is 17.7. The zero-order valence-corrected chi connectivity index (χ0v) is 18.6. The van der Waals surface area contributed by atoms with Crippen molar-refractivity contribution in [2.24, 2.45) is 17.8 Å². The van der Waals surface area contributed by atoms with Crippen molar-refractivity contribution in [2.75, 3.05) is 49.1 Å². The van der Waals surface area contributed by atoms with E-state index in [2.05, 4.69) is 30.9 Å². The lowest BCUT2D eigenvalue weighted by molar-refractivity contribution is 0.252. The van der Waals surface area contributed by atoms with Gasteiger partial charge < -0.3 is 9.80 Å². The Bertz CT molecular complexity index is 1010. The average molecular weight is 431 g/mol. The van der Waals surface area contributed by atoms with Crippen LogP contribution in [0, 0.1) is 31.6 Å². The van der Waals surface area contributed by atoms with Gasteiger partial charge in [-0.2, -0.15) is 5.10 Å². The molecule has 0 spiro atoms. The van der Waals surface area contributed by atoms with Gasteiger partial charge in [0.25, 0.3) is 0 Å². The normalized spacial score (nSPS) is 26.9. The first-order chi connectivity index (χ1) is 14.4. The van der Waals surface area contributed by atoms with Crippen molar-refractivity contribution in [3.8, 4) is 5.82 Å². The molecule has 5 rings (SSSR count). The van der Waals surface area contributed by atoms with E-state index in [1.54, 1.807) is 6.33 Å². The van der Waals surface area contributed by atoms with E-state index < -0.39 is 9.84 Å². The Labute approximate surface area is 178 Å². The summed E-state index contributed by atoms with van der Waals surface area (Å²) < 4.78 is 25.2. The molecule has 3 saturated heterocycles. The van der Waals surface area contributed by atoms with Crippen LogP contribution in [0.5, 0.6) is 0 Å². The molecule has 0 N–H and O–H groups in total. The van der Waals surface area contributed by atoms with E-state index in [-0.39, 0.29) is 0 Å². The SMILES string of the molecule is Cc1cc(C)n(-c2cc(N3CC4CN(CC5CCS(=O)(=O)CC5)CC4C3)ncn2)n1. The van der Waals surface area contributed by atoms with Gasteiger partial charge >= 0.3 is 0 Å². The number of sulfone groups is 1. The summed E-state index contributed by atoms with van der Waals surface area (Å²) in [4.78, 5) is 13.9. The molecule has 2 aromatic heterocycles. The van der Waals surface area contributed by atoms with E-state index >= 15 is 0 Å². The molecule has 0 aromatic carbocycles. The maximum atomic E-state index is 11.7. The molecule has 0 bridgehead atoms. The topological polar surface area (TPSA) is 84.2 Å². The van der Waals surface area contributed by atoms with Crippen molar-refractivity contribution in [3.05, 3.63) is 29.8 Å². The summed E-state index contributed by atoms with van der Waals surface area (Å²) in [5.74, 6) is 4.39. The molecule has 2 unspecified atom stereocenters. The molecule has 30 heavy (non-hydrogen) atoms. The van der Waals surface area contributed by atoms with Crippen LogP contribution in [0.3, 0.4) is 0 Å². The van der Waals surface area contributed by atoms with Gasteiger partial charge in [-0.3, -0.25) is 0 Å². The summed E-state index contributed by atoms with van der Waals surface area (Å²) in [6.07, 6.45) is 3.30. The maximum Gasteiger partial charge on any atom is 0.159 e. The average Bonchev–Trinajstić information content (AvgIpc) is 3.36. The van der Waals surface area contributed by atoms with E-state index in [0.29, 0.717) is 29.3 Å². The number of aryl methyl sites for hydroxylation is 2. The van der Waals surface area contributed by atoms with E-state index in [1.807, 2.05) is 24.6 Å². The Hall–Kier alpha value is -2.00. The molecular formula is C21H30N6O2S. The maximum absolute atomic E-state index is 11.7. The first-order valence-corrected chi connectivity index (χ1v) is 12.7. The number of aromatic nitrogens is 4. The van der Waals surface area contributed by atoms with Crippen LogP contribution in [0.15, 0.2) is 18.5 Å². The zero-order chi connectivity index (χ0) is 20.9. The molecule has 0 amide bonds. The van der Waals surface area contributed by atoms with E-state index in [1.165, 1.54) is 0 Å². The Morgan fingerprint density at radius 2 is 1.63 bits per heavy atom. The van der Waals surface area contributed by atoms with Crippen LogP contribution < -0.4 is 4.90 Å². The highest BCUT2D eigenvalue weighted by atomic mass is 32.2. The highest BCUT2D eigenvalue weighted by Gasteiger charge is 2.41. The number of nitrogens with zero attached hydrogens (tertiary/aromatic N) is 6. The lowest BCUT2D eigenvalue weighted by atomic mass is 10.0. The fourth-order valence-corrected chi connectivity index (χ4v) is 6.99. The Balaban J connectivity index is 1.20. The van der Waals surface area contributed by atoms with Gasteiger partial charge in [-0.25, -0.2) is 23.1 Å². The lowest BCUT2D eigenvalue weighted by Gasteiger charge is -2.28. The van der Waals surface area contributed by atoms with Gasteiger partial charge in [0.15, 0.2) is 5.82 Å². The number of fused-ring (bicyclic) bond motifs is 1. The third-order valence-electron chi connectivity index (χ3n) is 6.94. The predicted molar refractivity (Wildman–Crippen MR) is 116 cm³/mol. The molecule has 3 aliphatic heterocycles. The summed E-state index contributed by atoms with van der Waals surface area (Å²) >= 11 is 0. The van der Waals surface area contributed by atoms with Crippen LogP contribution in [-0.2, 0) is 9.84 Å². The minimum absolute atomic E-state index is 0.372. The number of rotatable bonds is 4.